The van der Waals surface area contributed by atoms with Crippen molar-refractivity contribution in [1.82, 2.24) is 15.2 Å². The number of carbonyl (C=O) groups is 1. The second-order valence-corrected chi connectivity index (χ2v) is 9.02. The van der Waals surface area contributed by atoms with E-state index in [4.69, 9.17) is 9.47 Å². The van der Waals surface area contributed by atoms with Crippen LogP contribution in [0.3, 0.4) is 0 Å². The Morgan fingerprint density at radius 3 is 2.41 bits per heavy atom. The lowest BCUT2D eigenvalue weighted by atomic mass is 9.87. The van der Waals surface area contributed by atoms with Gasteiger partial charge < -0.3 is 14.8 Å². The van der Waals surface area contributed by atoms with Crippen molar-refractivity contribution in [3.8, 4) is 16.9 Å². The molecule has 1 amide bonds. The van der Waals surface area contributed by atoms with Gasteiger partial charge in [-0.25, -0.2) is 0 Å². The average molecular weight is 458 g/mol. The van der Waals surface area contributed by atoms with Crippen molar-refractivity contribution in [2.75, 3.05) is 26.3 Å². The van der Waals surface area contributed by atoms with Gasteiger partial charge >= 0.3 is 0 Å². The SMILES string of the molecule is O=C(Cc1ccc(-c2ccc(OC3CC(N4CCOCC4)C3)cc2)cn1)NCc1ccccc1. The fraction of sp³-hybridized carbons (Fsp3) is 0.357. The van der Waals surface area contributed by atoms with Crippen LogP contribution in [-0.4, -0.2) is 54.2 Å². The minimum absolute atomic E-state index is 0.0301. The average Bonchev–Trinajstić information content (AvgIpc) is 2.87. The van der Waals surface area contributed by atoms with Gasteiger partial charge in [0, 0.05) is 56.0 Å². The number of hydrogen-bond acceptors (Lipinski definition) is 5. The molecule has 3 aromatic rings. The number of nitrogens with zero attached hydrogens (tertiary/aromatic N) is 2. The number of ether oxygens (including phenoxy) is 2. The molecule has 176 valence electrons. The van der Waals surface area contributed by atoms with Crippen LogP contribution >= 0.6 is 0 Å². The fourth-order valence-electron chi connectivity index (χ4n) is 4.52. The minimum Gasteiger partial charge on any atom is -0.490 e. The number of amides is 1. The van der Waals surface area contributed by atoms with Crippen LogP contribution in [0, 0.1) is 0 Å². The van der Waals surface area contributed by atoms with E-state index in [1.165, 1.54) is 0 Å². The maximum absolute atomic E-state index is 12.2. The fourth-order valence-corrected chi connectivity index (χ4v) is 4.52. The van der Waals surface area contributed by atoms with E-state index in [2.05, 4.69) is 27.3 Å². The zero-order valence-electron chi connectivity index (χ0n) is 19.4. The number of morpholine rings is 1. The molecule has 6 heteroatoms. The first-order chi connectivity index (χ1) is 16.7. The zero-order chi connectivity index (χ0) is 23.2. The normalized spacial score (nSPS) is 20.4. The molecule has 0 bridgehead atoms. The van der Waals surface area contributed by atoms with Crippen molar-refractivity contribution in [2.24, 2.45) is 0 Å². The number of aromatic nitrogens is 1. The summed E-state index contributed by atoms with van der Waals surface area (Å²) in [5, 5.41) is 2.95. The van der Waals surface area contributed by atoms with E-state index < -0.39 is 0 Å². The highest BCUT2D eigenvalue weighted by Crippen LogP contribution is 2.31. The largest absolute Gasteiger partial charge is 0.490 e. The van der Waals surface area contributed by atoms with Gasteiger partial charge in [0.05, 0.1) is 19.6 Å². The summed E-state index contributed by atoms with van der Waals surface area (Å²) in [7, 11) is 0. The van der Waals surface area contributed by atoms with Crippen LogP contribution in [0.5, 0.6) is 5.75 Å². The summed E-state index contributed by atoms with van der Waals surface area (Å²) in [6.45, 7) is 4.30. The summed E-state index contributed by atoms with van der Waals surface area (Å²) in [6.07, 6.45) is 4.58. The molecule has 2 aromatic carbocycles. The molecule has 0 radical (unpaired) electrons. The lowest BCUT2D eigenvalue weighted by Gasteiger charge is -2.44. The molecule has 5 rings (SSSR count). The lowest BCUT2D eigenvalue weighted by Crippen LogP contribution is -2.52. The molecule has 6 nitrogen and oxygen atoms in total. The Labute approximate surface area is 200 Å². The van der Waals surface area contributed by atoms with Crippen LogP contribution in [0.4, 0.5) is 0 Å². The third kappa shape index (κ3) is 5.82. The number of hydrogen-bond donors (Lipinski definition) is 1. The summed E-state index contributed by atoms with van der Waals surface area (Å²) in [4.78, 5) is 19.2. The summed E-state index contributed by atoms with van der Waals surface area (Å²) in [6, 6.07) is 22.7. The number of carbonyl (C=O) groups excluding carboxylic acids is 1. The van der Waals surface area contributed by atoms with Crippen LogP contribution in [0.15, 0.2) is 72.9 Å². The molecule has 2 fully saturated rings. The summed E-state index contributed by atoms with van der Waals surface area (Å²) in [5.74, 6) is 0.881. The Balaban J connectivity index is 1.08. The highest BCUT2D eigenvalue weighted by Gasteiger charge is 2.35. The van der Waals surface area contributed by atoms with Crippen LogP contribution in [0.2, 0.25) is 0 Å². The number of rotatable bonds is 8. The Morgan fingerprint density at radius 2 is 1.71 bits per heavy atom. The van der Waals surface area contributed by atoms with Crippen LogP contribution in [-0.2, 0) is 22.5 Å². The number of nitrogens with one attached hydrogen (secondary N) is 1. The third-order valence-electron chi connectivity index (χ3n) is 6.62. The molecule has 1 saturated heterocycles. The molecule has 0 unspecified atom stereocenters. The van der Waals surface area contributed by atoms with Crippen molar-refractivity contribution < 1.29 is 14.3 Å². The van der Waals surface area contributed by atoms with E-state index in [1.54, 1.807) is 0 Å². The van der Waals surface area contributed by atoms with Crippen molar-refractivity contribution in [1.29, 1.82) is 0 Å². The van der Waals surface area contributed by atoms with Crippen LogP contribution in [0.1, 0.15) is 24.1 Å². The first-order valence-electron chi connectivity index (χ1n) is 12.1. The highest BCUT2D eigenvalue weighted by molar-refractivity contribution is 5.78. The smallest absolute Gasteiger partial charge is 0.226 e. The Kier molecular flexibility index (Phi) is 7.17. The molecule has 1 aliphatic carbocycles. The summed E-state index contributed by atoms with van der Waals surface area (Å²) >= 11 is 0. The van der Waals surface area contributed by atoms with Gasteiger partial charge in [-0.05, 0) is 29.3 Å². The molecule has 1 aliphatic heterocycles. The molecular formula is C28H31N3O3. The van der Waals surface area contributed by atoms with E-state index in [-0.39, 0.29) is 12.3 Å². The number of pyridine rings is 1. The lowest BCUT2D eigenvalue weighted by molar-refractivity contribution is -0.120. The molecule has 1 aromatic heterocycles. The predicted molar refractivity (Wildman–Crippen MR) is 131 cm³/mol. The molecule has 1 saturated carbocycles. The topological polar surface area (TPSA) is 63.7 Å². The van der Waals surface area contributed by atoms with Gasteiger partial charge in [-0.2, -0.15) is 0 Å². The number of benzene rings is 2. The van der Waals surface area contributed by atoms with Gasteiger partial charge in [-0.15, -0.1) is 0 Å². The van der Waals surface area contributed by atoms with E-state index in [0.29, 0.717) is 18.7 Å². The molecular weight excluding hydrogens is 426 g/mol. The Hall–Kier alpha value is -3.22. The third-order valence-corrected chi connectivity index (χ3v) is 6.62. The highest BCUT2D eigenvalue weighted by atomic mass is 16.5. The van der Waals surface area contributed by atoms with Crippen molar-refractivity contribution in [2.45, 2.75) is 38.0 Å². The summed E-state index contributed by atoms with van der Waals surface area (Å²) < 4.78 is 11.6. The van der Waals surface area contributed by atoms with Crippen LogP contribution in [0.25, 0.3) is 11.1 Å². The molecule has 2 heterocycles. The molecule has 2 aliphatic rings. The van der Waals surface area contributed by atoms with E-state index >= 15 is 0 Å². The van der Waals surface area contributed by atoms with Gasteiger partial charge in [0.1, 0.15) is 11.9 Å². The van der Waals surface area contributed by atoms with Gasteiger partial charge in [0.15, 0.2) is 0 Å². The van der Waals surface area contributed by atoms with E-state index in [0.717, 1.165) is 67.3 Å². The van der Waals surface area contributed by atoms with Gasteiger partial charge in [0.2, 0.25) is 5.91 Å². The second kappa shape index (κ2) is 10.8. The molecule has 1 N–H and O–H groups in total. The monoisotopic (exact) mass is 457 g/mol. The zero-order valence-corrected chi connectivity index (χ0v) is 19.4. The van der Waals surface area contributed by atoms with Gasteiger partial charge in [-0.3, -0.25) is 14.7 Å². The maximum Gasteiger partial charge on any atom is 0.226 e. The maximum atomic E-state index is 12.2. The second-order valence-electron chi connectivity index (χ2n) is 9.02. The first-order valence-corrected chi connectivity index (χ1v) is 12.1. The van der Waals surface area contributed by atoms with Gasteiger partial charge in [0.25, 0.3) is 0 Å². The molecule has 34 heavy (non-hydrogen) atoms. The minimum atomic E-state index is -0.0301. The standard InChI is InChI=1S/C28H31N3O3/c32-28(30-19-21-4-2-1-3-5-21)16-24-9-6-23(20-29-24)22-7-10-26(11-8-22)34-27-17-25(18-27)31-12-14-33-15-13-31/h1-11,20,25,27H,12-19H2,(H,30,32). The Morgan fingerprint density at radius 1 is 0.971 bits per heavy atom. The molecule has 0 spiro atoms. The predicted octanol–water partition coefficient (Wildman–Crippen LogP) is 3.85. The van der Waals surface area contributed by atoms with E-state index in [9.17, 15) is 4.79 Å². The quantitative estimate of drug-likeness (QED) is 0.557. The first kappa shape index (κ1) is 22.6. The van der Waals surface area contributed by atoms with Crippen molar-refractivity contribution in [3.63, 3.8) is 0 Å². The molecule has 0 atom stereocenters. The summed E-state index contributed by atoms with van der Waals surface area (Å²) in [5.41, 5.74) is 3.95. The van der Waals surface area contributed by atoms with Crippen LogP contribution < -0.4 is 10.1 Å². The van der Waals surface area contributed by atoms with E-state index in [1.807, 2.05) is 60.8 Å². The van der Waals surface area contributed by atoms with Crippen molar-refractivity contribution in [3.05, 3.63) is 84.2 Å². The van der Waals surface area contributed by atoms with Crippen molar-refractivity contribution >= 4 is 5.91 Å². The van der Waals surface area contributed by atoms with Gasteiger partial charge in [-0.1, -0.05) is 48.5 Å². The Bertz CT molecular complexity index is 1060.